The molecule has 0 fully saturated rings. The van der Waals surface area contributed by atoms with Gasteiger partial charge in [0.05, 0.1) is 17.0 Å². The van der Waals surface area contributed by atoms with Gasteiger partial charge in [-0.3, -0.25) is 9.59 Å². The largest absolute Gasteiger partial charge is 0.315 e. The molecule has 0 aliphatic carbocycles. The SMILES string of the molecule is C/C(CC(=O)N(C)c1ccccc1)=N/NC(=O)c1ccccc1Cl. The molecular formula is C18H18ClN3O2. The van der Waals surface area contributed by atoms with Crippen LogP contribution in [0.25, 0.3) is 0 Å². The van der Waals surface area contributed by atoms with Crippen molar-refractivity contribution in [2.45, 2.75) is 13.3 Å². The number of nitrogens with one attached hydrogen (secondary N) is 1. The topological polar surface area (TPSA) is 61.8 Å². The van der Waals surface area contributed by atoms with Crippen LogP contribution in [0, 0.1) is 0 Å². The van der Waals surface area contributed by atoms with Gasteiger partial charge in [0.25, 0.3) is 5.91 Å². The number of hydrazone groups is 1. The highest BCUT2D eigenvalue weighted by atomic mass is 35.5. The zero-order chi connectivity index (χ0) is 17.5. The second kappa shape index (κ2) is 8.26. The first-order valence-corrected chi connectivity index (χ1v) is 7.76. The van der Waals surface area contributed by atoms with Crippen molar-refractivity contribution in [3.63, 3.8) is 0 Å². The molecule has 2 rings (SSSR count). The van der Waals surface area contributed by atoms with E-state index in [9.17, 15) is 9.59 Å². The maximum Gasteiger partial charge on any atom is 0.272 e. The Kier molecular flexibility index (Phi) is 6.09. The Morgan fingerprint density at radius 1 is 1.08 bits per heavy atom. The Balaban J connectivity index is 1.95. The summed E-state index contributed by atoms with van der Waals surface area (Å²) in [4.78, 5) is 25.8. The summed E-state index contributed by atoms with van der Waals surface area (Å²) in [5, 5.41) is 4.32. The molecule has 2 aromatic carbocycles. The second-order valence-electron chi connectivity index (χ2n) is 5.23. The molecule has 0 aliphatic rings. The molecule has 6 heteroatoms. The van der Waals surface area contributed by atoms with Crippen molar-refractivity contribution in [2.24, 2.45) is 5.10 Å². The van der Waals surface area contributed by atoms with Gasteiger partial charge in [0, 0.05) is 18.4 Å². The number of carbonyl (C=O) groups excluding carboxylic acids is 2. The summed E-state index contributed by atoms with van der Waals surface area (Å²) in [6, 6.07) is 16.0. The number of rotatable bonds is 5. The van der Waals surface area contributed by atoms with Gasteiger partial charge in [-0.2, -0.15) is 5.10 Å². The summed E-state index contributed by atoms with van der Waals surface area (Å²) >= 11 is 5.96. The van der Waals surface area contributed by atoms with Crippen LogP contribution in [0.3, 0.4) is 0 Å². The molecule has 0 saturated heterocycles. The number of hydrogen-bond donors (Lipinski definition) is 1. The molecule has 0 aliphatic heterocycles. The van der Waals surface area contributed by atoms with Crippen molar-refractivity contribution in [2.75, 3.05) is 11.9 Å². The molecule has 0 atom stereocenters. The quantitative estimate of drug-likeness (QED) is 0.667. The summed E-state index contributed by atoms with van der Waals surface area (Å²) < 4.78 is 0. The van der Waals surface area contributed by atoms with Crippen LogP contribution < -0.4 is 10.3 Å². The number of carbonyl (C=O) groups is 2. The average molecular weight is 344 g/mol. The number of hydrogen-bond acceptors (Lipinski definition) is 3. The van der Waals surface area contributed by atoms with Gasteiger partial charge in [-0.15, -0.1) is 0 Å². The van der Waals surface area contributed by atoms with Gasteiger partial charge in [-0.25, -0.2) is 5.43 Å². The van der Waals surface area contributed by atoms with Crippen LogP contribution in [-0.4, -0.2) is 24.6 Å². The average Bonchev–Trinajstić information content (AvgIpc) is 2.60. The maximum absolute atomic E-state index is 12.2. The Hall–Kier alpha value is -2.66. The lowest BCUT2D eigenvalue weighted by atomic mass is 10.2. The molecule has 0 spiro atoms. The van der Waals surface area contributed by atoms with Crippen molar-refractivity contribution in [1.82, 2.24) is 5.43 Å². The van der Waals surface area contributed by atoms with Crippen LogP contribution in [0.1, 0.15) is 23.7 Å². The number of amides is 2. The third kappa shape index (κ3) is 4.67. The van der Waals surface area contributed by atoms with E-state index in [1.807, 2.05) is 30.3 Å². The van der Waals surface area contributed by atoms with Crippen molar-refractivity contribution in [1.29, 1.82) is 0 Å². The minimum Gasteiger partial charge on any atom is -0.315 e. The molecule has 2 aromatic rings. The van der Waals surface area contributed by atoms with Gasteiger partial charge in [0.1, 0.15) is 0 Å². The van der Waals surface area contributed by atoms with E-state index in [0.717, 1.165) is 5.69 Å². The first kappa shape index (κ1) is 17.7. The summed E-state index contributed by atoms with van der Waals surface area (Å²) in [5.41, 5.74) is 4.06. The molecule has 124 valence electrons. The minimum absolute atomic E-state index is 0.105. The first-order chi connectivity index (χ1) is 11.5. The highest BCUT2D eigenvalue weighted by molar-refractivity contribution is 6.33. The van der Waals surface area contributed by atoms with Crippen LogP contribution in [0.2, 0.25) is 5.02 Å². The lowest BCUT2D eigenvalue weighted by Gasteiger charge is -2.17. The van der Waals surface area contributed by atoms with Gasteiger partial charge < -0.3 is 4.90 Å². The van der Waals surface area contributed by atoms with Crippen molar-refractivity contribution < 1.29 is 9.59 Å². The van der Waals surface area contributed by atoms with Crippen LogP contribution in [0.5, 0.6) is 0 Å². The summed E-state index contributed by atoms with van der Waals surface area (Å²) in [5.74, 6) is -0.529. The Morgan fingerprint density at radius 2 is 1.71 bits per heavy atom. The summed E-state index contributed by atoms with van der Waals surface area (Å²) in [6.07, 6.45) is 0.105. The van der Waals surface area contributed by atoms with Crippen molar-refractivity contribution in [3.8, 4) is 0 Å². The van der Waals surface area contributed by atoms with Crippen molar-refractivity contribution >= 4 is 34.8 Å². The zero-order valence-corrected chi connectivity index (χ0v) is 14.2. The van der Waals surface area contributed by atoms with E-state index in [1.54, 1.807) is 43.1 Å². The van der Waals surface area contributed by atoms with E-state index in [1.165, 1.54) is 0 Å². The molecule has 0 aromatic heterocycles. The molecular weight excluding hydrogens is 326 g/mol. The summed E-state index contributed by atoms with van der Waals surface area (Å²) in [6.45, 7) is 1.68. The number of para-hydroxylation sites is 1. The fraction of sp³-hybridized carbons (Fsp3) is 0.167. The van der Waals surface area contributed by atoms with E-state index in [2.05, 4.69) is 10.5 Å². The molecule has 24 heavy (non-hydrogen) atoms. The van der Waals surface area contributed by atoms with Gasteiger partial charge >= 0.3 is 0 Å². The van der Waals surface area contributed by atoms with E-state index in [4.69, 9.17) is 11.6 Å². The zero-order valence-electron chi connectivity index (χ0n) is 13.5. The van der Waals surface area contributed by atoms with Gasteiger partial charge in [0.2, 0.25) is 5.91 Å². The molecule has 0 unspecified atom stereocenters. The molecule has 1 N–H and O–H groups in total. The lowest BCUT2D eigenvalue weighted by molar-refractivity contribution is -0.117. The number of halogens is 1. The van der Waals surface area contributed by atoms with E-state index in [-0.39, 0.29) is 12.3 Å². The number of benzene rings is 2. The monoisotopic (exact) mass is 343 g/mol. The van der Waals surface area contributed by atoms with Crippen LogP contribution in [-0.2, 0) is 4.79 Å². The molecule has 0 bridgehead atoms. The highest BCUT2D eigenvalue weighted by Crippen LogP contribution is 2.14. The number of nitrogens with zero attached hydrogens (tertiary/aromatic N) is 2. The molecule has 2 amide bonds. The van der Waals surface area contributed by atoms with E-state index >= 15 is 0 Å². The molecule has 0 radical (unpaired) electrons. The number of anilines is 1. The van der Waals surface area contributed by atoms with Crippen LogP contribution in [0.4, 0.5) is 5.69 Å². The molecule has 0 saturated carbocycles. The Bertz CT molecular complexity index is 760. The molecule has 0 heterocycles. The first-order valence-electron chi connectivity index (χ1n) is 7.38. The van der Waals surface area contributed by atoms with Gasteiger partial charge in [-0.05, 0) is 31.2 Å². The standard InChI is InChI=1S/C18H18ClN3O2/c1-13(12-17(23)22(2)14-8-4-3-5-9-14)20-21-18(24)15-10-6-7-11-16(15)19/h3-11H,12H2,1-2H3,(H,21,24)/b20-13-. The third-order valence-electron chi connectivity index (χ3n) is 3.39. The third-order valence-corrected chi connectivity index (χ3v) is 3.72. The van der Waals surface area contributed by atoms with E-state index in [0.29, 0.717) is 16.3 Å². The Morgan fingerprint density at radius 3 is 2.38 bits per heavy atom. The predicted molar refractivity (Wildman–Crippen MR) is 96.5 cm³/mol. The van der Waals surface area contributed by atoms with Gasteiger partial charge in [-0.1, -0.05) is 41.9 Å². The highest BCUT2D eigenvalue weighted by Gasteiger charge is 2.13. The van der Waals surface area contributed by atoms with Crippen LogP contribution in [0.15, 0.2) is 59.7 Å². The normalized spacial score (nSPS) is 11.0. The molecule has 5 nitrogen and oxygen atoms in total. The fourth-order valence-corrected chi connectivity index (χ4v) is 2.25. The minimum atomic E-state index is -0.413. The summed E-state index contributed by atoms with van der Waals surface area (Å²) in [7, 11) is 1.70. The van der Waals surface area contributed by atoms with Gasteiger partial charge in [0.15, 0.2) is 0 Å². The smallest absolute Gasteiger partial charge is 0.272 e. The maximum atomic E-state index is 12.2. The predicted octanol–water partition coefficient (Wildman–Crippen LogP) is 3.50. The Labute approximate surface area is 145 Å². The van der Waals surface area contributed by atoms with Crippen LogP contribution >= 0.6 is 11.6 Å². The lowest BCUT2D eigenvalue weighted by Crippen LogP contribution is -2.28. The van der Waals surface area contributed by atoms with Crippen molar-refractivity contribution in [3.05, 3.63) is 65.2 Å². The fourth-order valence-electron chi connectivity index (χ4n) is 2.02. The second-order valence-corrected chi connectivity index (χ2v) is 5.64. The van der Waals surface area contributed by atoms with E-state index < -0.39 is 5.91 Å².